The molecule has 11 heteroatoms. The second kappa shape index (κ2) is 4.18. The first-order valence-electron chi connectivity index (χ1n) is 3.90. The Balaban J connectivity index is 3.67. The normalized spacial score (nSPS) is 11.8. The van der Waals surface area contributed by atoms with Crippen molar-refractivity contribution in [1.29, 1.82) is 0 Å². The molecule has 0 fully saturated rings. The van der Waals surface area contributed by atoms with Crippen molar-refractivity contribution < 1.29 is 22.1 Å². The highest BCUT2D eigenvalue weighted by molar-refractivity contribution is 7.89. The summed E-state index contributed by atoms with van der Waals surface area (Å²) in [6, 6.07) is 0.320. The number of alkyl halides is 2. The van der Waals surface area contributed by atoms with E-state index >= 15 is 0 Å². The quantitative estimate of drug-likeness (QED) is 0.590. The minimum absolute atomic E-state index is 0.320. The van der Waals surface area contributed by atoms with Crippen molar-refractivity contribution in [2.45, 2.75) is 11.3 Å². The van der Waals surface area contributed by atoms with Crippen molar-refractivity contribution in [3.05, 3.63) is 21.7 Å². The molecule has 1 heterocycles. The van der Waals surface area contributed by atoms with Gasteiger partial charge >= 0.3 is 5.82 Å². The van der Waals surface area contributed by atoms with Gasteiger partial charge in [0.15, 0.2) is 4.90 Å². The lowest BCUT2D eigenvalue weighted by atomic mass is 10.2. The molecular formula is C6H6F2N4O4S. The van der Waals surface area contributed by atoms with Gasteiger partial charge < -0.3 is 15.8 Å². The van der Waals surface area contributed by atoms with Crippen LogP contribution in [0.5, 0.6) is 0 Å². The van der Waals surface area contributed by atoms with Crippen LogP contribution in [0.2, 0.25) is 0 Å². The fourth-order valence-corrected chi connectivity index (χ4v) is 1.94. The number of nitrogen functional groups attached to an aromatic ring is 1. The molecule has 4 N–H and O–H groups in total. The SMILES string of the molecule is Nc1nc([N+](=O)[O-])cc(C(F)F)c1S(N)(=O)=O. The number of aromatic nitrogens is 1. The molecule has 0 saturated carbocycles. The Labute approximate surface area is 93.4 Å². The summed E-state index contributed by atoms with van der Waals surface area (Å²) < 4.78 is 47.1. The minimum Gasteiger partial charge on any atom is -0.362 e. The average Bonchev–Trinajstić information content (AvgIpc) is 2.13. The summed E-state index contributed by atoms with van der Waals surface area (Å²) in [4.78, 5) is 11.2. The van der Waals surface area contributed by atoms with E-state index in [2.05, 4.69) is 10.1 Å². The molecule has 17 heavy (non-hydrogen) atoms. The van der Waals surface area contributed by atoms with E-state index in [0.29, 0.717) is 6.07 Å². The first-order chi connectivity index (χ1) is 7.64. The Kier molecular flexibility index (Phi) is 3.24. The Morgan fingerprint density at radius 1 is 1.47 bits per heavy atom. The van der Waals surface area contributed by atoms with Crippen LogP contribution < -0.4 is 10.9 Å². The van der Waals surface area contributed by atoms with Gasteiger partial charge in [-0.1, -0.05) is 0 Å². The predicted molar refractivity (Wildman–Crippen MR) is 51.6 cm³/mol. The molecule has 0 aliphatic carbocycles. The third-order valence-corrected chi connectivity index (χ3v) is 2.73. The standard InChI is InChI=1S/C6H6F2N4O4S/c7-5(8)2-1-3(12(13)14)11-6(9)4(2)17(10,15)16/h1,5H,(H2,9,11)(H2,10,15,16). The summed E-state index contributed by atoms with van der Waals surface area (Å²) >= 11 is 0. The third-order valence-electron chi connectivity index (χ3n) is 1.72. The van der Waals surface area contributed by atoms with Crippen molar-refractivity contribution in [2.24, 2.45) is 5.14 Å². The third kappa shape index (κ3) is 2.62. The van der Waals surface area contributed by atoms with Crippen LogP contribution in [0.25, 0.3) is 0 Å². The first kappa shape index (κ1) is 13.2. The molecule has 0 radical (unpaired) electrons. The van der Waals surface area contributed by atoms with E-state index < -0.39 is 43.5 Å². The van der Waals surface area contributed by atoms with Gasteiger partial charge in [-0.2, -0.15) is 0 Å². The number of nitrogens with two attached hydrogens (primary N) is 2. The summed E-state index contributed by atoms with van der Waals surface area (Å²) in [5.74, 6) is -1.91. The number of anilines is 1. The highest BCUT2D eigenvalue weighted by Gasteiger charge is 2.30. The molecule has 8 nitrogen and oxygen atoms in total. The molecule has 0 unspecified atom stereocenters. The smallest absolute Gasteiger partial charge is 0.362 e. The molecule has 1 rings (SSSR count). The van der Waals surface area contributed by atoms with Crippen molar-refractivity contribution in [1.82, 2.24) is 4.98 Å². The summed E-state index contributed by atoms with van der Waals surface area (Å²) in [6.07, 6.45) is -3.28. The topological polar surface area (TPSA) is 142 Å². The van der Waals surface area contributed by atoms with Crippen LogP contribution in [0, 0.1) is 10.1 Å². The zero-order valence-electron chi connectivity index (χ0n) is 8.00. The van der Waals surface area contributed by atoms with Gasteiger partial charge in [-0.3, -0.25) is 0 Å². The molecule has 0 spiro atoms. The monoisotopic (exact) mass is 268 g/mol. The Bertz CT molecular complexity index is 574. The maximum atomic E-state index is 12.6. The molecule has 1 aromatic rings. The summed E-state index contributed by atoms with van der Waals surface area (Å²) in [5.41, 5.74) is 3.93. The van der Waals surface area contributed by atoms with E-state index in [4.69, 9.17) is 5.73 Å². The molecular weight excluding hydrogens is 262 g/mol. The Hall–Kier alpha value is -1.88. The predicted octanol–water partition coefficient (Wildman–Crippen LogP) is 0.157. The molecule has 0 aliphatic rings. The van der Waals surface area contributed by atoms with E-state index in [1.165, 1.54) is 0 Å². The zero-order valence-corrected chi connectivity index (χ0v) is 8.82. The van der Waals surface area contributed by atoms with Crippen LogP contribution in [0.3, 0.4) is 0 Å². The molecule has 0 atom stereocenters. The molecule has 0 aliphatic heterocycles. The van der Waals surface area contributed by atoms with Gasteiger partial charge in [0, 0.05) is 6.07 Å². The van der Waals surface area contributed by atoms with Gasteiger partial charge in [0.2, 0.25) is 10.0 Å². The van der Waals surface area contributed by atoms with Crippen LogP contribution in [-0.4, -0.2) is 18.3 Å². The maximum absolute atomic E-state index is 12.6. The molecule has 0 bridgehead atoms. The van der Waals surface area contributed by atoms with Gasteiger partial charge in [0.25, 0.3) is 12.2 Å². The van der Waals surface area contributed by atoms with Crippen LogP contribution in [-0.2, 0) is 10.0 Å². The lowest BCUT2D eigenvalue weighted by Gasteiger charge is -2.06. The van der Waals surface area contributed by atoms with Crippen LogP contribution >= 0.6 is 0 Å². The van der Waals surface area contributed by atoms with Gasteiger partial charge in [0.05, 0.1) is 5.56 Å². The number of nitro groups is 1. The summed E-state index contributed by atoms with van der Waals surface area (Å²) in [7, 11) is -4.54. The van der Waals surface area contributed by atoms with Crippen LogP contribution in [0.4, 0.5) is 20.4 Å². The minimum atomic E-state index is -4.54. The number of hydrogen-bond donors (Lipinski definition) is 2. The van der Waals surface area contributed by atoms with E-state index in [-0.39, 0.29) is 0 Å². The van der Waals surface area contributed by atoms with E-state index in [1.807, 2.05) is 0 Å². The van der Waals surface area contributed by atoms with E-state index in [0.717, 1.165) is 0 Å². The van der Waals surface area contributed by atoms with Gasteiger partial charge in [-0.25, -0.2) is 22.3 Å². The molecule has 1 aromatic heterocycles. The summed E-state index contributed by atoms with van der Waals surface area (Å²) in [5, 5.41) is 15.0. The Morgan fingerprint density at radius 2 is 2.00 bits per heavy atom. The van der Waals surface area contributed by atoms with Gasteiger partial charge in [-0.15, -0.1) is 0 Å². The summed E-state index contributed by atoms with van der Waals surface area (Å²) in [6.45, 7) is 0. The van der Waals surface area contributed by atoms with Crippen molar-refractivity contribution >= 4 is 21.7 Å². The largest absolute Gasteiger partial charge is 0.366 e. The number of pyridine rings is 1. The number of sulfonamides is 1. The second-order valence-electron chi connectivity index (χ2n) is 2.89. The fraction of sp³-hybridized carbons (Fsp3) is 0.167. The van der Waals surface area contributed by atoms with Gasteiger partial charge in [-0.05, 0) is 9.91 Å². The number of halogens is 2. The first-order valence-corrected chi connectivity index (χ1v) is 5.45. The van der Waals surface area contributed by atoms with E-state index in [1.54, 1.807) is 0 Å². The fourth-order valence-electron chi connectivity index (χ4n) is 1.12. The van der Waals surface area contributed by atoms with Crippen LogP contribution in [0.15, 0.2) is 11.0 Å². The number of hydrogen-bond acceptors (Lipinski definition) is 6. The zero-order chi connectivity index (χ0) is 13.4. The van der Waals surface area contributed by atoms with Crippen molar-refractivity contribution in [3.63, 3.8) is 0 Å². The van der Waals surface area contributed by atoms with Crippen molar-refractivity contribution in [2.75, 3.05) is 5.73 Å². The highest BCUT2D eigenvalue weighted by Crippen LogP contribution is 2.31. The molecule has 0 saturated heterocycles. The van der Waals surface area contributed by atoms with Crippen LogP contribution in [0.1, 0.15) is 12.0 Å². The number of primary sulfonamides is 1. The molecule has 0 amide bonds. The van der Waals surface area contributed by atoms with Crippen molar-refractivity contribution in [3.8, 4) is 0 Å². The number of nitrogens with zero attached hydrogens (tertiary/aromatic N) is 2. The Morgan fingerprint density at radius 3 is 2.35 bits per heavy atom. The number of rotatable bonds is 3. The molecule has 0 aromatic carbocycles. The van der Waals surface area contributed by atoms with E-state index in [9.17, 15) is 27.3 Å². The average molecular weight is 268 g/mol. The maximum Gasteiger partial charge on any atom is 0.366 e. The second-order valence-corrected chi connectivity index (χ2v) is 4.39. The molecule has 94 valence electrons. The lowest BCUT2D eigenvalue weighted by molar-refractivity contribution is -0.389. The van der Waals surface area contributed by atoms with Gasteiger partial charge in [0.1, 0.15) is 0 Å². The highest BCUT2D eigenvalue weighted by atomic mass is 32.2. The lowest BCUT2D eigenvalue weighted by Crippen LogP contribution is -2.18.